The molecule has 0 aromatic heterocycles. The Morgan fingerprint density at radius 3 is 2.67 bits per heavy atom. The van der Waals surface area contributed by atoms with Crippen molar-refractivity contribution in [2.75, 3.05) is 12.5 Å². The Balaban J connectivity index is 1.21. The van der Waals surface area contributed by atoms with E-state index in [4.69, 9.17) is 16.3 Å². The van der Waals surface area contributed by atoms with Crippen LogP contribution in [0.2, 0.25) is 5.02 Å². The fourth-order valence-corrected chi connectivity index (χ4v) is 5.51. The predicted octanol–water partition coefficient (Wildman–Crippen LogP) is 1.82. The summed E-state index contributed by atoms with van der Waals surface area (Å²) >= 11 is 7.24. The van der Waals surface area contributed by atoms with Crippen molar-refractivity contribution in [2.45, 2.75) is 48.6 Å². The number of thioether (sulfide) groups is 1. The molecule has 1 aromatic carbocycles. The predicted molar refractivity (Wildman–Crippen MR) is 101 cm³/mol. The van der Waals surface area contributed by atoms with Crippen molar-refractivity contribution in [2.24, 2.45) is 0 Å². The number of amides is 2. The summed E-state index contributed by atoms with van der Waals surface area (Å²) < 4.78 is 18.7. The molecule has 27 heavy (non-hydrogen) atoms. The zero-order chi connectivity index (χ0) is 19.2. The number of carbonyl (C=O) groups excluding carboxylic acids is 2. The number of carbonyl (C=O) groups is 2. The number of benzene rings is 1. The molecule has 0 radical (unpaired) electrons. The van der Waals surface area contributed by atoms with Crippen molar-refractivity contribution in [3.05, 3.63) is 29.0 Å². The molecule has 2 bridgehead atoms. The van der Waals surface area contributed by atoms with Crippen LogP contribution in [0.4, 0.5) is 4.39 Å². The molecule has 4 aliphatic rings. The summed E-state index contributed by atoms with van der Waals surface area (Å²) in [5.74, 6) is 0.283. The van der Waals surface area contributed by atoms with Gasteiger partial charge in [0.15, 0.2) is 6.61 Å². The highest BCUT2D eigenvalue weighted by Crippen LogP contribution is 2.60. The molecule has 1 saturated heterocycles. The van der Waals surface area contributed by atoms with Gasteiger partial charge in [0.25, 0.3) is 5.91 Å². The largest absolute Gasteiger partial charge is 0.484 e. The topological polar surface area (TPSA) is 79.5 Å². The SMILES string of the molecule is CC1NCSC1C(=O)NC12CC(NC(=O)COc3ccc(Cl)c(F)c3)(C1)C2. The maximum absolute atomic E-state index is 13.4. The Morgan fingerprint density at radius 1 is 1.33 bits per heavy atom. The number of hydrogen-bond acceptors (Lipinski definition) is 5. The molecule has 3 aliphatic carbocycles. The van der Waals surface area contributed by atoms with E-state index in [0.29, 0.717) is 0 Å². The molecular weight excluding hydrogens is 393 g/mol. The molecule has 4 fully saturated rings. The molecule has 3 saturated carbocycles. The third-order valence-corrected chi connectivity index (χ3v) is 7.09. The van der Waals surface area contributed by atoms with E-state index in [1.807, 2.05) is 6.92 Å². The van der Waals surface area contributed by atoms with Gasteiger partial charge in [0, 0.05) is 29.1 Å². The highest BCUT2D eigenvalue weighted by molar-refractivity contribution is 8.00. The number of ether oxygens (including phenoxy) is 1. The smallest absolute Gasteiger partial charge is 0.258 e. The van der Waals surface area contributed by atoms with Gasteiger partial charge in [0.05, 0.1) is 10.3 Å². The van der Waals surface area contributed by atoms with Crippen LogP contribution in [-0.4, -0.2) is 46.7 Å². The first-order valence-corrected chi connectivity index (χ1v) is 10.3. The lowest BCUT2D eigenvalue weighted by Gasteiger charge is -2.70. The third kappa shape index (κ3) is 3.62. The maximum atomic E-state index is 13.4. The standard InChI is InChI=1S/C18H21ClFN3O3S/c1-10-15(27-9-21-10)16(25)23-18-6-17(7-18,8-18)22-14(24)5-26-11-2-3-12(19)13(20)4-11/h2-4,10,15,21H,5-9H2,1H3,(H,22,24)(H,23,25). The van der Waals surface area contributed by atoms with Crippen molar-refractivity contribution in [1.29, 1.82) is 0 Å². The first-order valence-electron chi connectivity index (χ1n) is 8.86. The van der Waals surface area contributed by atoms with Crippen molar-refractivity contribution in [3.8, 4) is 5.75 Å². The monoisotopic (exact) mass is 413 g/mol. The first-order chi connectivity index (χ1) is 12.8. The Hall–Kier alpha value is -1.51. The lowest BCUT2D eigenvalue weighted by molar-refractivity contribution is -0.150. The van der Waals surface area contributed by atoms with Crippen molar-refractivity contribution >= 4 is 35.2 Å². The van der Waals surface area contributed by atoms with Crippen molar-refractivity contribution in [3.63, 3.8) is 0 Å². The average molecular weight is 414 g/mol. The van der Waals surface area contributed by atoms with Crippen LogP contribution in [0, 0.1) is 5.82 Å². The fraction of sp³-hybridized carbons (Fsp3) is 0.556. The minimum absolute atomic E-state index is 0.00851. The van der Waals surface area contributed by atoms with Gasteiger partial charge in [-0.05, 0) is 38.3 Å². The van der Waals surface area contributed by atoms with Gasteiger partial charge in [-0.15, -0.1) is 11.8 Å². The summed E-state index contributed by atoms with van der Waals surface area (Å²) in [5.41, 5.74) is -0.418. The summed E-state index contributed by atoms with van der Waals surface area (Å²) in [6, 6.07) is 4.22. The summed E-state index contributed by atoms with van der Waals surface area (Å²) in [5, 5.41) is 9.34. The number of rotatable bonds is 6. The van der Waals surface area contributed by atoms with Crippen LogP contribution in [0.3, 0.4) is 0 Å². The molecule has 2 unspecified atom stereocenters. The molecule has 2 amide bonds. The molecule has 0 spiro atoms. The van der Waals surface area contributed by atoms with E-state index in [2.05, 4.69) is 16.0 Å². The van der Waals surface area contributed by atoms with Crippen LogP contribution in [-0.2, 0) is 9.59 Å². The van der Waals surface area contributed by atoms with E-state index in [1.165, 1.54) is 12.1 Å². The number of hydrogen-bond donors (Lipinski definition) is 3. The zero-order valence-corrected chi connectivity index (χ0v) is 16.4. The first kappa shape index (κ1) is 18.8. The Morgan fingerprint density at radius 2 is 2.04 bits per heavy atom. The molecule has 146 valence electrons. The molecule has 1 aliphatic heterocycles. The molecule has 5 rings (SSSR count). The normalized spacial score (nSPS) is 33.6. The summed E-state index contributed by atoms with van der Waals surface area (Å²) in [6.45, 7) is 1.82. The van der Waals surface area contributed by atoms with Gasteiger partial charge >= 0.3 is 0 Å². The van der Waals surface area contributed by atoms with E-state index in [-0.39, 0.29) is 51.6 Å². The lowest BCUT2D eigenvalue weighted by atomic mass is 9.44. The van der Waals surface area contributed by atoms with E-state index in [9.17, 15) is 14.0 Å². The van der Waals surface area contributed by atoms with Gasteiger partial charge in [-0.2, -0.15) is 0 Å². The Kier molecular flexibility index (Phi) is 4.76. The Bertz CT molecular complexity index is 773. The third-order valence-electron chi connectivity index (χ3n) is 5.47. The second-order valence-electron chi connectivity index (χ2n) is 7.72. The van der Waals surface area contributed by atoms with Crippen molar-refractivity contribution < 1.29 is 18.7 Å². The maximum Gasteiger partial charge on any atom is 0.258 e. The van der Waals surface area contributed by atoms with Gasteiger partial charge < -0.3 is 20.7 Å². The van der Waals surface area contributed by atoms with E-state index in [1.54, 1.807) is 11.8 Å². The van der Waals surface area contributed by atoms with Crippen LogP contribution in [0.5, 0.6) is 5.75 Å². The molecule has 1 heterocycles. The van der Waals surface area contributed by atoms with E-state index >= 15 is 0 Å². The summed E-state index contributed by atoms with van der Waals surface area (Å²) in [4.78, 5) is 24.5. The molecule has 9 heteroatoms. The highest BCUT2D eigenvalue weighted by Gasteiger charge is 2.69. The van der Waals surface area contributed by atoms with Crippen molar-refractivity contribution in [1.82, 2.24) is 16.0 Å². The highest BCUT2D eigenvalue weighted by atomic mass is 35.5. The van der Waals surface area contributed by atoms with Gasteiger partial charge in [-0.25, -0.2) is 4.39 Å². The number of halogens is 2. The summed E-state index contributed by atoms with van der Waals surface area (Å²) in [7, 11) is 0. The molecule has 3 N–H and O–H groups in total. The van der Waals surface area contributed by atoms with Crippen LogP contribution >= 0.6 is 23.4 Å². The zero-order valence-electron chi connectivity index (χ0n) is 14.8. The minimum Gasteiger partial charge on any atom is -0.484 e. The summed E-state index contributed by atoms with van der Waals surface area (Å²) in [6.07, 6.45) is 2.23. The van der Waals surface area contributed by atoms with Crippen LogP contribution in [0.25, 0.3) is 0 Å². The van der Waals surface area contributed by atoms with Crippen LogP contribution in [0.1, 0.15) is 26.2 Å². The van der Waals surface area contributed by atoms with Gasteiger partial charge in [-0.1, -0.05) is 11.6 Å². The Labute approximate surface area is 165 Å². The molecular formula is C18H21ClFN3O3S. The van der Waals surface area contributed by atoms with Crippen LogP contribution in [0.15, 0.2) is 18.2 Å². The van der Waals surface area contributed by atoms with E-state index in [0.717, 1.165) is 31.2 Å². The van der Waals surface area contributed by atoms with Gasteiger partial charge in [-0.3, -0.25) is 9.59 Å². The fourth-order valence-electron chi connectivity index (χ4n) is 4.26. The number of nitrogens with one attached hydrogen (secondary N) is 3. The lowest BCUT2D eigenvalue weighted by Crippen LogP contribution is -2.84. The average Bonchev–Trinajstić information content (AvgIpc) is 2.99. The minimum atomic E-state index is -0.586. The molecule has 6 nitrogen and oxygen atoms in total. The second-order valence-corrected chi connectivity index (χ2v) is 9.25. The second kappa shape index (κ2) is 6.83. The molecule has 1 aromatic rings. The van der Waals surface area contributed by atoms with E-state index < -0.39 is 5.82 Å². The molecule has 2 atom stereocenters. The quantitative estimate of drug-likeness (QED) is 0.663. The van der Waals surface area contributed by atoms with Gasteiger partial charge in [0.1, 0.15) is 11.6 Å². The van der Waals surface area contributed by atoms with Crippen LogP contribution < -0.4 is 20.7 Å². The van der Waals surface area contributed by atoms with Gasteiger partial charge in [0.2, 0.25) is 5.91 Å².